The van der Waals surface area contributed by atoms with Gasteiger partial charge in [-0.3, -0.25) is 4.79 Å². The largest absolute Gasteiger partial charge is 0.496 e. The second-order valence-corrected chi connectivity index (χ2v) is 6.31. The number of halogens is 1. The van der Waals surface area contributed by atoms with Crippen LogP contribution in [0, 0.1) is 12.7 Å². The molecule has 2 aromatic carbocycles. The molecular weight excluding hydrogens is 305 g/mol. The van der Waals surface area contributed by atoms with E-state index in [-0.39, 0.29) is 23.7 Å². The molecule has 0 saturated heterocycles. The van der Waals surface area contributed by atoms with E-state index in [1.165, 1.54) is 12.1 Å². The van der Waals surface area contributed by atoms with E-state index in [2.05, 4.69) is 19.2 Å². The van der Waals surface area contributed by atoms with Crippen molar-refractivity contribution in [1.82, 2.24) is 5.32 Å². The van der Waals surface area contributed by atoms with E-state index < -0.39 is 0 Å². The van der Waals surface area contributed by atoms with Gasteiger partial charge in [-0.25, -0.2) is 4.39 Å². The summed E-state index contributed by atoms with van der Waals surface area (Å²) in [6, 6.07) is 9.74. The van der Waals surface area contributed by atoms with Crippen LogP contribution in [0.2, 0.25) is 0 Å². The number of amides is 1. The van der Waals surface area contributed by atoms with Crippen molar-refractivity contribution in [2.75, 3.05) is 7.11 Å². The van der Waals surface area contributed by atoms with Crippen LogP contribution in [-0.2, 0) is 0 Å². The van der Waals surface area contributed by atoms with Crippen LogP contribution in [-0.4, -0.2) is 13.0 Å². The van der Waals surface area contributed by atoms with E-state index in [9.17, 15) is 9.18 Å². The van der Waals surface area contributed by atoms with Gasteiger partial charge >= 0.3 is 0 Å². The van der Waals surface area contributed by atoms with Gasteiger partial charge in [-0.05, 0) is 60.7 Å². The number of hydrogen-bond donors (Lipinski definition) is 1. The van der Waals surface area contributed by atoms with Crippen LogP contribution in [0.1, 0.15) is 59.8 Å². The summed E-state index contributed by atoms with van der Waals surface area (Å²) in [7, 11) is 1.64. The van der Waals surface area contributed by atoms with Gasteiger partial charge in [0.25, 0.3) is 5.91 Å². The number of nitrogens with one attached hydrogen (secondary N) is 1. The molecular formula is C20H24FNO2. The summed E-state index contributed by atoms with van der Waals surface area (Å²) >= 11 is 0. The van der Waals surface area contributed by atoms with Gasteiger partial charge in [-0.2, -0.15) is 0 Å². The summed E-state index contributed by atoms with van der Waals surface area (Å²) in [5, 5.41) is 2.97. The zero-order valence-corrected chi connectivity index (χ0v) is 14.8. The molecule has 0 saturated carbocycles. The summed E-state index contributed by atoms with van der Waals surface area (Å²) in [4.78, 5) is 12.7. The Morgan fingerprint density at radius 1 is 1.12 bits per heavy atom. The third-order valence-electron chi connectivity index (χ3n) is 4.16. The third kappa shape index (κ3) is 3.94. The van der Waals surface area contributed by atoms with Crippen molar-refractivity contribution in [3.8, 4) is 5.75 Å². The molecule has 1 atom stereocenters. The van der Waals surface area contributed by atoms with Crippen LogP contribution < -0.4 is 10.1 Å². The van der Waals surface area contributed by atoms with Gasteiger partial charge in [0.1, 0.15) is 11.6 Å². The Bertz CT molecular complexity index is 723. The van der Waals surface area contributed by atoms with Crippen LogP contribution in [0.4, 0.5) is 4.39 Å². The number of methoxy groups -OCH3 is 1. The molecule has 3 nitrogen and oxygen atoms in total. The Hall–Kier alpha value is -2.36. The van der Waals surface area contributed by atoms with Gasteiger partial charge in [-0.1, -0.05) is 26.0 Å². The minimum Gasteiger partial charge on any atom is -0.496 e. The normalized spacial score (nSPS) is 12.1. The molecule has 0 aliphatic rings. The van der Waals surface area contributed by atoms with Gasteiger partial charge in [0.2, 0.25) is 0 Å². The molecule has 4 heteroatoms. The fourth-order valence-corrected chi connectivity index (χ4v) is 2.68. The standard InChI is InChI=1S/C20H24FNO2/c1-12(2)17-11-18(13(3)10-19(17)24-5)20(23)22-14(4)15-6-8-16(21)9-7-15/h6-12,14H,1-5H3,(H,22,23)/t14-/m1/s1. The zero-order chi connectivity index (χ0) is 17.9. The topological polar surface area (TPSA) is 38.3 Å². The van der Waals surface area contributed by atoms with Crippen molar-refractivity contribution in [3.05, 3.63) is 64.5 Å². The monoisotopic (exact) mass is 329 g/mol. The number of ether oxygens (including phenoxy) is 1. The Morgan fingerprint density at radius 2 is 1.75 bits per heavy atom. The molecule has 0 aliphatic carbocycles. The first-order valence-corrected chi connectivity index (χ1v) is 8.08. The van der Waals surface area contributed by atoms with Crippen molar-refractivity contribution in [3.63, 3.8) is 0 Å². The Morgan fingerprint density at radius 3 is 2.29 bits per heavy atom. The SMILES string of the molecule is COc1cc(C)c(C(=O)N[C@H](C)c2ccc(F)cc2)cc1C(C)C. The molecule has 2 rings (SSSR count). The molecule has 1 N–H and O–H groups in total. The van der Waals surface area contributed by atoms with E-state index in [1.54, 1.807) is 19.2 Å². The first-order chi connectivity index (χ1) is 11.3. The molecule has 24 heavy (non-hydrogen) atoms. The van der Waals surface area contributed by atoms with E-state index in [1.807, 2.05) is 26.0 Å². The van der Waals surface area contributed by atoms with Crippen molar-refractivity contribution in [1.29, 1.82) is 0 Å². The quantitative estimate of drug-likeness (QED) is 0.859. The van der Waals surface area contributed by atoms with Gasteiger partial charge < -0.3 is 10.1 Å². The van der Waals surface area contributed by atoms with E-state index in [0.29, 0.717) is 5.56 Å². The molecule has 0 heterocycles. The van der Waals surface area contributed by atoms with Crippen molar-refractivity contribution in [2.24, 2.45) is 0 Å². The second-order valence-electron chi connectivity index (χ2n) is 6.31. The smallest absolute Gasteiger partial charge is 0.252 e. The molecule has 0 fully saturated rings. The molecule has 1 amide bonds. The number of carbonyl (C=O) groups is 1. The van der Waals surface area contributed by atoms with Gasteiger partial charge in [-0.15, -0.1) is 0 Å². The fraction of sp³-hybridized carbons (Fsp3) is 0.350. The van der Waals surface area contributed by atoms with E-state index in [4.69, 9.17) is 4.74 Å². The lowest BCUT2D eigenvalue weighted by atomic mass is 9.95. The highest BCUT2D eigenvalue weighted by atomic mass is 19.1. The number of hydrogen-bond acceptors (Lipinski definition) is 2. The van der Waals surface area contributed by atoms with Crippen molar-refractivity contribution < 1.29 is 13.9 Å². The zero-order valence-electron chi connectivity index (χ0n) is 14.8. The third-order valence-corrected chi connectivity index (χ3v) is 4.16. The number of benzene rings is 2. The predicted molar refractivity (Wildman–Crippen MR) is 94.1 cm³/mol. The molecule has 0 radical (unpaired) electrons. The first-order valence-electron chi connectivity index (χ1n) is 8.08. The lowest BCUT2D eigenvalue weighted by molar-refractivity contribution is 0.0939. The average Bonchev–Trinajstić information content (AvgIpc) is 2.54. The number of carbonyl (C=O) groups excluding carboxylic acids is 1. The van der Waals surface area contributed by atoms with Gasteiger partial charge in [0.05, 0.1) is 13.2 Å². The van der Waals surface area contributed by atoms with Gasteiger partial charge in [0, 0.05) is 5.56 Å². The van der Waals surface area contributed by atoms with Crippen LogP contribution >= 0.6 is 0 Å². The Labute approximate surface area is 142 Å². The highest BCUT2D eigenvalue weighted by molar-refractivity contribution is 5.96. The Balaban J connectivity index is 2.26. The molecule has 2 aromatic rings. The molecule has 0 bridgehead atoms. The summed E-state index contributed by atoms with van der Waals surface area (Å²) in [5.41, 5.74) is 3.36. The minimum absolute atomic E-state index is 0.145. The minimum atomic E-state index is -0.287. The maximum absolute atomic E-state index is 13.0. The molecule has 128 valence electrons. The second kappa shape index (κ2) is 7.47. The highest BCUT2D eigenvalue weighted by Gasteiger charge is 2.17. The fourth-order valence-electron chi connectivity index (χ4n) is 2.68. The maximum Gasteiger partial charge on any atom is 0.252 e. The molecule has 0 spiro atoms. The summed E-state index contributed by atoms with van der Waals surface area (Å²) in [6.07, 6.45) is 0. The molecule has 0 aromatic heterocycles. The van der Waals surface area contributed by atoms with Crippen LogP contribution in [0.25, 0.3) is 0 Å². The van der Waals surface area contributed by atoms with E-state index in [0.717, 1.165) is 22.4 Å². The summed E-state index contributed by atoms with van der Waals surface area (Å²) in [5.74, 6) is 0.617. The summed E-state index contributed by atoms with van der Waals surface area (Å²) in [6.45, 7) is 7.91. The first kappa shape index (κ1) is 18.0. The van der Waals surface area contributed by atoms with Crippen LogP contribution in [0.3, 0.4) is 0 Å². The van der Waals surface area contributed by atoms with Gasteiger partial charge in [0.15, 0.2) is 0 Å². The van der Waals surface area contributed by atoms with Crippen molar-refractivity contribution in [2.45, 2.75) is 39.7 Å². The highest BCUT2D eigenvalue weighted by Crippen LogP contribution is 2.30. The average molecular weight is 329 g/mol. The van der Waals surface area contributed by atoms with E-state index >= 15 is 0 Å². The number of rotatable bonds is 5. The van der Waals surface area contributed by atoms with Crippen molar-refractivity contribution >= 4 is 5.91 Å². The van der Waals surface area contributed by atoms with Crippen LogP contribution in [0.5, 0.6) is 5.75 Å². The molecule has 0 aliphatic heterocycles. The molecule has 0 unspecified atom stereocenters. The predicted octanol–water partition coefficient (Wildman–Crippen LogP) is 4.76. The summed E-state index contributed by atoms with van der Waals surface area (Å²) < 4.78 is 18.4. The lowest BCUT2D eigenvalue weighted by Gasteiger charge is -2.18. The van der Waals surface area contributed by atoms with Crippen LogP contribution in [0.15, 0.2) is 36.4 Å². The number of aryl methyl sites for hydroxylation is 1. The lowest BCUT2D eigenvalue weighted by Crippen LogP contribution is -2.27. The Kier molecular flexibility index (Phi) is 5.60. The maximum atomic E-state index is 13.0.